The molecule has 11 heavy (non-hydrogen) atoms. The second kappa shape index (κ2) is 4.99. The molecule has 0 heterocycles. The van der Waals surface area contributed by atoms with Crippen LogP contribution in [0.15, 0.2) is 22.7 Å². The molecule has 0 atom stereocenters. The van der Waals surface area contributed by atoms with Crippen LogP contribution in [0.2, 0.25) is 5.02 Å². The van der Waals surface area contributed by atoms with Crippen molar-refractivity contribution >= 4 is 39.9 Å². The molecule has 0 spiro atoms. The summed E-state index contributed by atoms with van der Waals surface area (Å²) in [4.78, 5) is 0. The van der Waals surface area contributed by atoms with E-state index in [1.807, 2.05) is 18.2 Å². The molecule has 1 aromatic carbocycles. The zero-order chi connectivity index (χ0) is 7.56. The second-order valence-corrected chi connectivity index (χ2v) is 3.23. The predicted octanol–water partition coefficient (Wildman–Crippen LogP) is 2.98. The summed E-state index contributed by atoms with van der Waals surface area (Å²) in [6.45, 7) is 0.515. The smallest absolute Gasteiger partial charge is 0.0410 e. The third kappa shape index (κ3) is 2.99. The number of hydrogen-bond acceptors (Lipinski definition) is 1. The molecular formula is C7H8BrCl2N. The number of rotatable bonds is 1. The lowest BCUT2D eigenvalue weighted by molar-refractivity contribution is 1.06. The number of halogens is 3. The molecule has 1 aromatic rings. The van der Waals surface area contributed by atoms with Crippen LogP contribution in [0.25, 0.3) is 0 Å². The minimum absolute atomic E-state index is 0. The van der Waals surface area contributed by atoms with Gasteiger partial charge < -0.3 is 5.73 Å². The van der Waals surface area contributed by atoms with E-state index >= 15 is 0 Å². The van der Waals surface area contributed by atoms with E-state index in [4.69, 9.17) is 17.3 Å². The molecule has 0 amide bonds. The largest absolute Gasteiger partial charge is 0.326 e. The number of hydrogen-bond donors (Lipinski definition) is 1. The molecule has 0 unspecified atom stereocenters. The van der Waals surface area contributed by atoms with Gasteiger partial charge in [-0.1, -0.05) is 27.5 Å². The maximum atomic E-state index is 5.72. The predicted molar refractivity (Wildman–Crippen MR) is 54.3 cm³/mol. The molecule has 0 aromatic heterocycles. The van der Waals surface area contributed by atoms with Crippen molar-refractivity contribution in [3.8, 4) is 0 Å². The van der Waals surface area contributed by atoms with Gasteiger partial charge in [-0.3, -0.25) is 0 Å². The Labute approximate surface area is 85.5 Å². The monoisotopic (exact) mass is 255 g/mol. The summed E-state index contributed by atoms with van der Waals surface area (Å²) in [7, 11) is 0. The van der Waals surface area contributed by atoms with Crippen LogP contribution in [-0.2, 0) is 6.54 Å². The maximum absolute atomic E-state index is 5.72. The average Bonchev–Trinajstić information content (AvgIpc) is 1.94. The zero-order valence-electron chi connectivity index (χ0n) is 5.68. The fourth-order valence-corrected chi connectivity index (χ4v) is 1.30. The van der Waals surface area contributed by atoms with Gasteiger partial charge >= 0.3 is 0 Å². The molecule has 1 nitrogen and oxygen atoms in total. The standard InChI is InChI=1S/C7H7BrClN.ClH/c8-7-2-1-6(9)3-5(7)4-10;/h1-3H,4,10H2;1H. The molecular weight excluding hydrogens is 249 g/mol. The first-order chi connectivity index (χ1) is 4.74. The van der Waals surface area contributed by atoms with Gasteiger partial charge in [-0.2, -0.15) is 0 Å². The summed E-state index contributed by atoms with van der Waals surface area (Å²) in [5.74, 6) is 0. The van der Waals surface area contributed by atoms with Gasteiger partial charge in [0, 0.05) is 16.0 Å². The van der Waals surface area contributed by atoms with Gasteiger partial charge in [0.15, 0.2) is 0 Å². The minimum Gasteiger partial charge on any atom is -0.326 e. The molecule has 2 N–H and O–H groups in total. The van der Waals surface area contributed by atoms with Gasteiger partial charge in [0.05, 0.1) is 0 Å². The third-order valence-corrected chi connectivity index (χ3v) is 2.24. The van der Waals surface area contributed by atoms with Crippen LogP contribution in [-0.4, -0.2) is 0 Å². The van der Waals surface area contributed by atoms with E-state index in [0.29, 0.717) is 6.54 Å². The van der Waals surface area contributed by atoms with E-state index in [1.54, 1.807) is 0 Å². The topological polar surface area (TPSA) is 26.0 Å². The van der Waals surface area contributed by atoms with Crippen molar-refractivity contribution in [2.75, 3.05) is 0 Å². The lowest BCUT2D eigenvalue weighted by Gasteiger charge is -1.99. The Balaban J connectivity index is 0.000001000. The fourth-order valence-electron chi connectivity index (χ4n) is 0.700. The van der Waals surface area contributed by atoms with Gasteiger partial charge in [0.2, 0.25) is 0 Å². The maximum Gasteiger partial charge on any atom is 0.0410 e. The molecule has 4 heteroatoms. The van der Waals surface area contributed by atoms with Gasteiger partial charge in [0.1, 0.15) is 0 Å². The van der Waals surface area contributed by atoms with Crippen molar-refractivity contribution < 1.29 is 0 Å². The summed E-state index contributed by atoms with van der Waals surface area (Å²) in [5.41, 5.74) is 6.47. The van der Waals surface area contributed by atoms with Crippen LogP contribution < -0.4 is 5.73 Å². The Morgan fingerprint density at radius 2 is 2.09 bits per heavy atom. The lowest BCUT2D eigenvalue weighted by Crippen LogP contribution is -1.96. The lowest BCUT2D eigenvalue weighted by atomic mass is 10.2. The minimum atomic E-state index is 0. The Hall–Kier alpha value is 0.240. The van der Waals surface area contributed by atoms with Crippen molar-refractivity contribution in [1.29, 1.82) is 0 Å². The molecule has 0 radical (unpaired) electrons. The van der Waals surface area contributed by atoms with Crippen LogP contribution in [0, 0.1) is 0 Å². The second-order valence-electron chi connectivity index (χ2n) is 1.94. The van der Waals surface area contributed by atoms with Crippen molar-refractivity contribution in [3.63, 3.8) is 0 Å². The number of nitrogens with two attached hydrogens (primary N) is 1. The molecule has 1 rings (SSSR count). The normalized spacial score (nSPS) is 9.00. The molecule has 0 saturated heterocycles. The molecule has 0 aliphatic carbocycles. The molecule has 0 fully saturated rings. The van der Waals surface area contributed by atoms with Crippen LogP contribution in [0.5, 0.6) is 0 Å². The quantitative estimate of drug-likeness (QED) is 0.822. The van der Waals surface area contributed by atoms with Crippen LogP contribution in [0.3, 0.4) is 0 Å². The summed E-state index contributed by atoms with van der Waals surface area (Å²) >= 11 is 9.07. The highest BCUT2D eigenvalue weighted by Crippen LogP contribution is 2.20. The summed E-state index contributed by atoms with van der Waals surface area (Å²) < 4.78 is 1.01. The molecule has 0 aliphatic rings. The van der Waals surface area contributed by atoms with Gasteiger partial charge in [0.25, 0.3) is 0 Å². The number of benzene rings is 1. The zero-order valence-corrected chi connectivity index (χ0v) is 8.84. The Morgan fingerprint density at radius 1 is 1.45 bits per heavy atom. The highest BCUT2D eigenvalue weighted by Gasteiger charge is 1.96. The highest BCUT2D eigenvalue weighted by molar-refractivity contribution is 9.10. The van der Waals surface area contributed by atoms with E-state index in [1.165, 1.54) is 0 Å². The van der Waals surface area contributed by atoms with Crippen LogP contribution >= 0.6 is 39.9 Å². The SMILES string of the molecule is Cl.NCc1cc(Cl)ccc1Br. The Bertz CT molecular complexity index is 240. The third-order valence-electron chi connectivity index (χ3n) is 1.23. The van der Waals surface area contributed by atoms with Crippen molar-refractivity contribution in [2.45, 2.75) is 6.54 Å². The highest BCUT2D eigenvalue weighted by atomic mass is 79.9. The van der Waals surface area contributed by atoms with Gasteiger partial charge in [-0.05, 0) is 23.8 Å². The van der Waals surface area contributed by atoms with Gasteiger partial charge in [-0.15, -0.1) is 12.4 Å². The summed E-state index contributed by atoms with van der Waals surface area (Å²) in [6, 6.07) is 5.57. The van der Waals surface area contributed by atoms with Crippen LogP contribution in [0.1, 0.15) is 5.56 Å². The first-order valence-corrected chi connectivity index (χ1v) is 4.05. The molecule has 0 saturated carbocycles. The fraction of sp³-hybridized carbons (Fsp3) is 0.143. The van der Waals surface area contributed by atoms with Crippen molar-refractivity contribution in [3.05, 3.63) is 33.3 Å². The van der Waals surface area contributed by atoms with Crippen molar-refractivity contribution in [1.82, 2.24) is 0 Å². The summed E-state index contributed by atoms with van der Waals surface area (Å²) in [5, 5.41) is 0.726. The van der Waals surface area contributed by atoms with E-state index in [2.05, 4.69) is 15.9 Å². The van der Waals surface area contributed by atoms with Crippen molar-refractivity contribution in [2.24, 2.45) is 5.73 Å². The van der Waals surface area contributed by atoms with Crippen LogP contribution in [0.4, 0.5) is 0 Å². The average molecular weight is 257 g/mol. The Morgan fingerprint density at radius 3 is 2.55 bits per heavy atom. The van der Waals surface area contributed by atoms with E-state index in [0.717, 1.165) is 15.1 Å². The van der Waals surface area contributed by atoms with Gasteiger partial charge in [-0.25, -0.2) is 0 Å². The van der Waals surface area contributed by atoms with E-state index in [9.17, 15) is 0 Å². The first kappa shape index (κ1) is 11.2. The first-order valence-electron chi connectivity index (χ1n) is 2.88. The Kier molecular flexibility index (Phi) is 5.10. The molecule has 0 bridgehead atoms. The molecule has 62 valence electrons. The molecule has 0 aliphatic heterocycles. The summed E-state index contributed by atoms with van der Waals surface area (Å²) in [6.07, 6.45) is 0. The van der Waals surface area contributed by atoms with E-state index in [-0.39, 0.29) is 12.4 Å². The van der Waals surface area contributed by atoms with E-state index < -0.39 is 0 Å².